The molecule has 0 saturated heterocycles. The van der Waals surface area contributed by atoms with E-state index in [1.165, 1.54) is 7.11 Å². The van der Waals surface area contributed by atoms with Gasteiger partial charge in [0.05, 0.1) is 25.4 Å². The molecule has 19 heavy (non-hydrogen) atoms. The van der Waals surface area contributed by atoms with Gasteiger partial charge in [0.25, 0.3) is 0 Å². The van der Waals surface area contributed by atoms with E-state index in [0.717, 1.165) is 10.2 Å². The molecule has 0 bridgehead atoms. The van der Waals surface area contributed by atoms with Gasteiger partial charge >= 0.3 is 5.97 Å². The van der Waals surface area contributed by atoms with Crippen molar-refractivity contribution >= 4 is 32.7 Å². The van der Waals surface area contributed by atoms with Crippen molar-refractivity contribution in [2.24, 2.45) is 5.92 Å². The van der Waals surface area contributed by atoms with Crippen LogP contribution >= 0.6 is 15.9 Å². The quantitative estimate of drug-likeness (QED) is 0.710. The van der Waals surface area contributed by atoms with E-state index in [1.54, 1.807) is 6.92 Å². The molecule has 0 aliphatic rings. The summed E-state index contributed by atoms with van der Waals surface area (Å²) in [5.74, 6) is 0.743. The molecule has 106 valence electrons. The number of ether oxygens (including phenoxy) is 2. The van der Waals surface area contributed by atoms with Crippen LogP contribution in [0.4, 0.5) is 0 Å². The lowest BCUT2D eigenvalue weighted by atomic mass is 10.2. The zero-order chi connectivity index (χ0) is 14.3. The minimum atomic E-state index is -1.09. The molecular formula is C13H17BrO4S. The molecule has 0 aliphatic carbocycles. The maximum absolute atomic E-state index is 11.7. The first-order chi connectivity index (χ1) is 9.02. The van der Waals surface area contributed by atoms with E-state index >= 15 is 0 Å². The predicted molar refractivity (Wildman–Crippen MR) is 78.7 cm³/mol. The molecule has 1 aromatic carbocycles. The second-order valence-corrected chi connectivity index (χ2v) is 6.58. The molecule has 0 spiro atoms. The fraction of sp³-hybridized carbons (Fsp3) is 0.462. The van der Waals surface area contributed by atoms with E-state index in [4.69, 9.17) is 4.74 Å². The number of carbonyl (C=O) groups is 1. The van der Waals surface area contributed by atoms with Crippen LogP contribution in [0.1, 0.15) is 6.92 Å². The normalized spacial score (nSPS) is 13.6. The van der Waals surface area contributed by atoms with Crippen LogP contribution in [-0.2, 0) is 20.3 Å². The van der Waals surface area contributed by atoms with Crippen LogP contribution in [-0.4, -0.2) is 35.4 Å². The van der Waals surface area contributed by atoms with Gasteiger partial charge in [-0.05, 0) is 18.2 Å². The van der Waals surface area contributed by atoms with Crippen molar-refractivity contribution in [1.29, 1.82) is 0 Å². The molecule has 2 unspecified atom stereocenters. The van der Waals surface area contributed by atoms with E-state index in [2.05, 4.69) is 20.7 Å². The monoisotopic (exact) mass is 348 g/mol. The number of halogens is 1. The minimum absolute atomic E-state index is 0.300. The van der Waals surface area contributed by atoms with Crippen molar-refractivity contribution in [3.63, 3.8) is 0 Å². The fourth-order valence-electron chi connectivity index (χ4n) is 1.44. The largest absolute Gasteiger partial charge is 0.493 e. The first-order valence-corrected chi connectivity index (χ1v) is 8.12. The predicted octanol–water partition coefficient (Wildman–Crippen LogP) is 2.39. The molecule has 0 aliphatic heterocycles. The van der Waals surface area contributed by atoms with Crippen molar-refractivity contribution in [3.05, 3.63) is 28.7 Å². The Kier molecular flexibility index (Phi) is 7.09. The highest BCUT2D eigenvalue weighted by molar-refractivity contribution is 9.10. The third-order valence-electron chi connectivity index (χ3n) is 2.42. The van der Waals surface area contributed by atoms with Gasteiger partial charge in [-0.3, -0.25) is 9.00 Å². The molecule has 1 rings (SSSR count). The van der Waals surface area contributed by atoms with Gasteiger partial charge in [-0.1, -0.05) is 28.9 Å². The lowest BCUT2D eigenvalue weighted by molar-refractivity contribution is -0.144. The Labute approximate surface area is 124 Å². The summed E-state index contributed by atoms with van der Waals surface area (Å²) in [6.45, 7) is 2.07. The van der Waals surface area contributed by atoms with Gasteiger partial charge in [-0.15, -0.1) is 0 Å². The first-order valence-electron chi connectivity index (χ1n) is 5.84. The third kappa shape index (κ3) is 6.20. The number of hydrogen-bond donors (Lipinski definition) is 0. The molecule has 2 atom stereocenters. The van der Waals surface area contributed by atoms with Crippen LogP contribution in [0.3, 0.4) is 0 Å². The van der Waals surface area contributed by atoms with Crippen LogP contribution in [0.5, 0.6) is 5.75 Å². The second-order valence-electron chi connectivity index (χ2n) is 4.04. The molecule has 6 heteroatoms. The van der Waals surface area contributed by atoms with E-state index in [9.17, 15) is 9.00 Å². The van der Waals surface area contributed by atoms with Crippen LogP contribution in [0.15, 0.2) is 28.7 Å². The molecule has 4 nitrogen and oxygen atoms in total. The molecule has 0 fully saturated rings. The molecular weight excluding hydrogens is 332 g/mol. The average molecular weight is 349 g/mol. The number of methoxy groups -OCH3 is 1. The second kappa shape index (κ2) is 8.32. The first kappa shape index (κ1) is 16.2. The summed E-state index contributed by atoms with van der Waals surface area (Å²) in [6, 6.07) is 7.46. The Balaban J connectivity index is 2.29. The molecule has 0 radical (unpaired) electrons. The third-order valence-corrected chi connectivity index (χ3v) is 4.40. The summed E-state index contributed by atoms with van der Waals surface area (Å²) in [4.78, 5) is 11.2. The summed E-state index contributed by atoms with van der Waals surface area (Å²) >= 11 is 3.35. The standard InChI is InChI=1S/C13H17BrO4S/c1-10(13(15)17-2)9-19(16)7-6-18-12-5-3-4-11(14)8-12/h3-5,8,10H,6-7,9H2,1-2H3. The topological polar surface area (TPSA) is 52.6 Å². The van der Waals surface area contributed by atoms with Gasteiger partial charge in [-0.2, -0.15) is 0 Å². The minimum Gasteiger partial charge on any atom is -0.493 e. The molecule has 0 aromatic heterocycles. The SMILES string of the molecule is COC(=O)C(C)CS(=O)CCOc1cccc(Br)c1. The van der Waals surface area contributed by atoms with Crippen molar-refractivity contribution in [2.75, 3.05) is 25.2 Å². The van der Waals surface area contributed by atoms with E-state index in [-0.39, 0.29) is 11.9 Å². The molecule has 1 aromatic rings. The van der Waals surface area contributed by atoms with Gasteiger partial charge in [0.1, 0.15) is 5.75 Å². The Morgan fingerprint density at radius 2 is 2.21 bits per heavy atom. The summed E-state index contributed by atoms with van der Waals surface area (Å²) in [6.07, 6.45) is 0. The lowest BCUT2D eigenvalue weighted by Gasteiger charge is -2.09. The van der Waals surface area contributed by atoms with Crippen LogP contribution < -0.4 is 4.74 Å². The Morgan fingerprint density at radius 3 is 2.84 bits per heavy atom. The van der Waals surface area contributed by atoms with Crippen LogP contribution in [0.2, 0.25) is 0 Å². The fourth-order valence-corrected chi connectivity index (χ4v) is 2.95. The maximum Gasteiger partial charge on any atom is 0.309 e. The van der Waals surface area contributed by atoms with Crippen molar-refractivity contribution in [3.8, 4) is 5.75 Å². The highest BCUT2D eigenvalue weighted by Gasteiger charge is 2.16. The number of carbonyl (C=O) groups excluding carboxylic acids is 1. The average Bonchev–Trinajstić information content (AvgIpc) is 2.37. The van der Waals surface area contributed by atoms with Gasteiger partial charge in [0.2, 0.25) is 0 Å². The number of rotatable bonds is 7. The van der Waals surface area contributed by atoms with Gasteiger partial charge < -0.3 is 9.47 Å². The summed E-state index contributed by atoms with van der Waals surface area (Å²) < 4.78 is 22.8. The lowest BCUT2D eigenvalue weighted by Crippen LogP contribution is -2.22. The Bertz CT molecular complexity index is 450. The Morgan fingerprint density at radius 1 is 1.47 bits per heavy atom. The van der Waals surface area contributed by atoms with Gasteiger partial charge in [0, 0.05) is 21.0 Å². The number of benzene rings is 1. The van der Waals surface area contributed by atoms with E-state index in [1.807, 2.05) is 24.3 Å². The summed E-state index contributed by atoms with van der Waals surface area (Å²) in [7, 11) is 0.243. The van der Waals surface area contributed by atoms with Gasteiger partial charge in [0.15, 0.2) is 0 Å². The summed E-state index contributed by atoms with van der Waals surface area (Å²) in [5.41, 5.74) is 0. The van der Waals surface area contributed by atoms with E-state index < -0.39 is 10.8 Å². The highest BCUT2D eigenvalue weighted by atomic mass is 79.9. The summed E-state index contributed by atoms with van der Waals surface area (Å²) in [5, 5.41) is 0. The van der Waals surface area contributed by atoms with Gasteiger partial charge in [-0.25, -0.2) is 0 Å². The van der Waals surface area contributed by atoms with Crippen molar-refractivity contribution in [2.45, 2.75) is 6.92 Å². The highest BCUT2D eigenvalue weighted by Crippen LogP contribution is 2.17. The smallest absolute Gasteiger partial charge is 0.309 e. The molecule has 0 heterocycles. The number of esters is 1. The number of hydrogen-bond acceptors (Lipinski definition) is 4. The van der Waals surface area contributed by atoms with Crippen molar-refractivity contribution in [1.82, 2.24) is 0 Å². The zero-order valence-electron chi connectivity index (χ0n) is 10.9. The van der Waals surface area contributed by atoms with Crippen LogP contribution in [0, 0.1) is 5.92 Å². The Hall–Kier alpha value is -0.880. The van der Waals surface area contributed by atoms with Crippen molar-refractivity contribution < 1.29 is 18.5 Å². The zero-order valence-corrected chi connectivity index (χ0v) is 13.3. The van der Waals surface area contributed by atoms with E-state index in [0.29, 0.717) is 18.1 Å². The molecule has 0 saturated carbocycles. The molecule has 0 N–H and O–H groups in total. The van der Waals surface area contributed by atoms with Crippen LogP contribution in [0.25, 0.3) is 0 Å². The maximum atomic E-state index is 11.7. The molecule has 0 amide bonds.